The van der Waals surface area contributed by atoms with Crippen molar-refractivity contribution in [3.8, 4) is 0 Å². The normalized spacial score (nSPS) is 13.6. The highest BCUT2D eigenvalue weighted by Crippen LogP contribution is 2.10. The van der Waals surface area contributed by atoms with E-state index in [1.165, 1.54) is 20.8 Å². The number of hydrogen-bond acceptors (Lipinski definition) is 12. The van der Waals surface area contributed by atoms with Crippen molar-refractivity contribution in [3.05, 3.63) is 31.5 Å². The number of esters is 3. The molecule has 0 fully saturated rings. The van der Waals surface area contributed by atoms with E-state index < -0.39 is 53.7 Å². The lowest BCUT2D eigenvalue weighted by atomic mass is 10.4. The smallest absolute Gasteiger partial charge is 0.342 e. The van der Waals surface area contributed by atoms with Gasteiger partial charge in [0.25, 0.3) is 0 Å². The number of aromatic nitrogens is 3. The summed E-state index contributed by atoms with van der Waals surface area (Å²) in [5.41, 5.74) is -3.56. The molecule has 0 spiro atoms. The lowest BCUT2D eigenvalue weighted by Gasteiger charge is -2.23. The fourth-order valence-electron chi connectivity index (χ4n) is 2.71. The number of rotatable bonds is 12. The molecule has 33 heavy (non-hydrogen) atoms. The Bertz CT molecular complexity index is 875. The SMILES string of the molecule is CC(OC(=O)CCS)n1c(=O)n(C(C)OC(=O)CCS)c(=O)n(C(C)OC(=O)CCS)c1=O. The van der Waals surface area contributed by atoms with Gasteiger partial charge in [-0.1, -0.05) is 0 Å². The first-order valence-corrected chi connectivity index (χ1v) is 11.8. The minimum Gasteiger partial charge on any atom is -0.441 e. The second kappa shape index (κ2) is 13.5. The number of thiol groups is 3. The Morgan fingerprint density at radius 1 is 0.606 bits per heavy atom. The van der Waals surface area contributed by atoms with Gasteiger partial charge in [-0.3, -0.25) is 14.4 Å². The largest absolute Gasteiger partial charge is 0.441 e. The van der Waals surface area contributed by atoms with Crippen LogP contribution in [0.2, 0.25) is 0 Å². The van der Waals surface area contributed by atoms with Gasteiger partial charge in [-0.05, 0) is 20.8 Å². The molecular formula is C18H27N3O9S3. The van der Waals surface area contributed by atoms with E-state index in [0.717, 1.165) is 0 Å². The van der Waals surface area contributed by atoms with Crippen LogP contribution in [0.4, 0.5) is 0 Å². The zero-order valence-electron chi connectivity index (χ0n) is 18.3. The average Bonchev–Trinajstić information content (AvgIpc) is 2.67. The summed E-state index contributed by atoms with van der Waals surface area (Å²) in [6.45, 7) is 3.73. The van der Waals surface area contributed by atoms with Crippen LogP contribution in [0, 0.1) is 0 Å². The Balaban J connectivity index is 3.67. The van der Waals surface area contributed by atoms with Crippen molar-refractivity contribution >= 4 is 55.8 Å². The molecule has 3 atom stereocenters. The molecule has 0 aliphatic rings. The summed E-state index contributed by atoms with van der Waals surface area (Å²) in [6, 6.07) is 0. The number of ether oxygens (including phenoxy) is 3. The van der Waals surface area contributed by atoms with Crippen molar-refractivity contribution in [2.75, 3.05) is 17.3 Å². The molecule has 186 valence electrons. The second-order valence-electron chi connectivity index (χ2n) is 6.65. The summed E-state index contributed by atoms with van der Waals surface area (Å²) >= 11 is 11.8. The van der Waals surface area contributed by atoms with Gasteiger partial charge in [0.2, 0.25) is 0 Å². The molecule has 0 amide bonds. The van der Waals surface area contributed by atoms with E-state index in [9.17, 15) is 28.8 Å². The molecule has 1 heterocycles. The molecular weight excluding hydrogens is 498 g/mol. The van der Waals surface area contributed by atoms with Crippen molar-refractivity contribution in [1.82, 2.24) is 13.7 Å². The number of carbonyl (C=O) groups excluding carboxylic acids is 3. The van der Waals surface area contributed by atoms with E-state index in [1.54, 1.807) is 0 Å². The summed E-state index contributed by atoms with van der Waals surface area (Å²) in [5, 5.41) is 0. The van der Waals surface area contributed by atoms with Crippen LogP contribution in [0.25, 0.3) is 0 Å². The molecule has 12 nitrogen and oxygen atoms in total. The van der Waals surface area contributed by atoms with Gasteiger partial charge >= 0.3 is 35.0 Å². The maximum atomic E-state index is 13.1. The average molecular weight is 526 g/mol. The first kappa shape index (κ1) is 28.9. The molecule has 1 rings (SSSR count). The van der Waals surface area contributed by atoms with Crippen LogP contribution in [0.15, 0.2) is 14.4 Å². The molecule has 0 bridgehead atoms. The first-order valence-electron chi connectivity index (χ1n) is 9.90. The Morgan fingerprint density at radius 3 is 1.00 bits per heavy atom. The third-order valence-corrected chi connectivity index (χ3v) is 4.85. The van der Waals surface area contributed by atoms with Crippen LogP contribution in [0.3, 0.4) is 0 Å². The maximum Gasteiger partial charge on any atom is 0.342 e. The predicted octanol–water partition coefficient (Wildman–Crippen LogP) is 0.316. The molecule has 0 aliphatic heterocycles. The molecule has 0 radical (unpaired) electrons. The van der Waals surface area contributed by atoms with Crippen LogP contribution in [-0.4, -0.2) is 48.9 Å². The van der Waals surface area contributed by atoms with Gasteiger partial charge in [-0.15, -0.1) is 0 Å². The highest BCUT2D eigenvalue weighted by atomic mass is 32.1. The van der Waals surface area contributed by atoms with E-state index in [4.69, 9.17) is 14.2 Å². The summed E-state index contributed by atoms with van der Waals surface area (Å²) < 4.78 is 16.8. The Morgan fingerprint density at radius 2 is 0.818 bits per heavy atom. The summed E-state index contributed by atoms with van der Waals surface area (Å²) in [7, 11) is 0. The van der Waals surface area contributed by atoms with Crippen LogP contribution >= 0.6 is 37.9 Å². The highest BCUT2D eigenvalue weighted by Gasteiger charge is 2.28. The molecule has 0 aliphatic carbocycles. The maximum absolute atomic E-state index is 13.1. The van der Waals surface area contributed by atoms with Gasteiger partial charge in [0.15, 0.2) is 18.7 Å². The van der Waals surface area contributed by atoms with Crippen LogP contribution in [-0.2, 0) is 28.6 Å². The van der Waals surface area contributed by atoms with Gasteiger partial charge in [0, 0.05) is 17.3 Å². The van der Waals surface area contributed by atoms with Gasteiger partial charge in [0.05, 0.1) is 19.3 Å². The van der Waals surface area contributed by atoms with Gasteiger partial charge in [-0.2, -0.15) is 37.9 Å². The van der Waals surface area contributed by atoms with E-state index in [2.05, 4.69) is 37.9 Å². The molecule has 0 saturated heterocycles. The van der Waals surface area contributed by atoms with E-state index >= 15 is 0 Å². The van der Waals surface area contributed by atoms with Crippen LogP contribution < -0.4 is 17.1 Å². The van der Waals surface area contributed by atoms with Gasteiger partial charge in [0.1, 0.15) is 0 Å². The minimum absolute atomic E-state index is 0.0917. The number of carbonyl (C=O) groups is 3. The molecule has 0 saturated carbocycles. The lowest BCUT2D eigenvalue weighted by molar-refractivity contribution is -0.154. The summed E-state index contributed by atoms with van der Waals surface area (Å²) in [5.74, 6) is -1.72. The standard InChI is InChI=1S/C18H27N3O9S3/c1-10(28-13(22)4-7-31)19-16(25)20(11(2)29-14(23)5-8-32)18(27)21(17(19)26)12(3)30-15(24)6-9-33/h10-12,31-33H,4-9H2,1-3H3. The molecule has 1 aromatic heterocycles. The highest BCUT2D eigenvalue weighted by molar-refractivity contribution is 7.80. The van der Waals surface area contributed by atoms with Crippen molar-refractivity contribution in [2.45, 2.75) is 58.7 Å². The van der Waals surface area contributed by atoms with Crippen molar-refractivity contribution in [3.63, 3.8) is 0 Å². The fourth-order valence-corrected chi connectivity index (χ4v) is 3.25. The molecule has 1 aromatic rings. The Hall–Kier alpha value is -2.13. The van der Waals surface area contributed by atoms with Crippen molar-refractivity contribution in [2.24, 2.45) is 0 Å². The summed E-state index contributed by atoms with van der Waals surface area (Å²) in [4.78, 5) is 74.8. The molecule has 0 aromatic carbocycles. The number of hydrogen-bond donors (Lipinski definition) is 3. The van der Waals surface area contributed by atoms with E-state index in [0.29, 0.717) is 13.7 Å². The van der Waals surface area contributed by atoms with Crippen molar-refractivity contribution < 1.29 is 28.6 Å². The van der Waals surface area contributed by atoms with E-state index in [-0.39, 0.29) is 36.5 Å². The summed E-state index contributed by atoms with van der Waals surface area (Å²) in [6.07, 6.45) is -4.58. The third kappa shape index (κ3) is 7.71. The first-order chi connectivity index (χ1) is 15.5. The van der Waals surface area contributed by atoms with Crippen molar-refractivity contribution in [1.29, 1.82) is 0 Å². The van der Waals surface area contributed by atoms with Crippen LogP contribution in [0.5, 0.6) is 0 Å². The topological polar surface area (TPSA) is 145 Å². The van der Waals surface area contributed by atoms with E-state index in [1.807, 2.05) is 0 Å². The monoisotopic (exact) mass is 525 g/mol. The lowest BCUT2D eigenvalue weighted by Crippen LogP contribution is -2.57. The van der Waals surface area contributed by atoms with Crippen LogP contribution in [0.1, 0.15) is 58.7 Å². The second-order valence-corrected chi connectivity index (χ2v) is 7.99. The molecule has 0 N–H and O–H groups in total. The number of nitrogens with zero attached hydrogens (tertiary/aromatic N) is 3. The Labute approximate surface area is 205 Å². The Kier molecular flexibility index (Phi) is 11.9. The predicted molar refractivity (Wildman–Crippen MR) is 127 cm³/mol. The third-order valence-electron chi connectivity index (χ3n) is 4.18. The van der Waals surface area contributed by atoms with Gasteiger partial charge in [-0.25, -0.2) is 28.1 Å². The molecule has 15 heteroatoms. The van der Waals surface area contributed by atoms with Gasteiger partial charge < -0.3 is 14.2 Å². The minimum atomic E-state index is -1.43. The zero-order chi connectivity index (χ0) is 25.3. The quantitative estimate of drug-likeness (QED) is 0.199. The fraction of sp³-hybridized carbons (Fsp3) is 0.667. The zero-order valence-corrected chi connectivity index (χ0v) is 21.0. The molecule has 3 unspecified atom stereocenters.